The van der Waals surface area contributed by atoms with Crippen molar-refractivity contribution in [3.8, 4) is 5.75 Å². The van der Waals surface area contributed by atoms with E-state index in [4.69, 9.17) is 21.1 Å². The molecule has 2 heterocycles. The molecule has 1 unspecified atom stereocenters. The van der Waals surface area contributed by atoms with Gasteiger partial charge >= 0.3 is 6.09 Å². The molecule has 2 aliphatic rings. The lowest BCUT2D eigenvalue weighted by molar-refractivity contribution is -0.139. The van der Waals surface area contributed by atoms with Crippen molar-refractivity contribution in [3.63, 3.8) is 0 Å². The quantitative estimate of drug-likeness (QED) is 0.630. The Balaban J connectivity index is 1.71. The van der Waals surface area contributed by atoms with E-state index in [1.807, 2.05) is 0 Å². The second-order valence-electron chi connectivity index (χ2n) is 7.78. The number of ketones is 2. The Morgan fingerprint density at radius 2 is 2.04 bits per heavy atom. The van der Waals surface area contributed by atoms with Crippen LogP contribution in [0.4, 0.5) is 4.79 Å². The molecule has 27 heavy (non-hydrogen) atoms. The number of likely N-dealkylation sites (tertiary alicyclic amines) is 1. The van der Waals surface area contributed by atoms with Crippen molar-refractivity contribution in [2.75, 3.05) is 13.1 Å². The minimum atomic E-state index is -0.903. The van der Waals surface area contributed by atoms with Gasteiger partial charge in [0.25, 0.3) is 0 Å². The minimum Gasteiger partial charge on any atom is -0.481 e. The Hall–Kier alpha value is -1.60. The zero-order chi connectivity index (χ0) is 19.9. The van der Waals surface area contributed by atoms with Gasteiger partial charge in [-0.1, -0.05) is 11.6 Å². The fourth-order valence-corrected chi connectivity index (χ4v) is 4.21. The highest BCUT2D eigenvalue weighted by Gasteiger charge is 2.42. The summed E-state index contributed by atoms with van der Waals surface area (Å²) in [7, 11) is 0. The fraction of sp³-hybridized carbons (Fsp3) is 0.526. The van der Waals surface area contributed by atoms with Crippen molar-refractivity contribution in [1.82, 2.24) is 4.90 Å². The molecule has 0 aromatic heterocycles. The second-order valence-corrected chi connectivity index (χ2v) is 9.07. The summed E-state index contributed by atoms with van der Waals surface area (Å²) in [5, 5.41) is 0.544. The molecule has 6 nitrogen and oxygen atoms in total. The molecule has 0 N–H and O–H groups in total. The zero-order valence-electron chi connectivity index (χ0n) is 15.4. The fourth-order valence-electron chi connectivity index (χ4n) is 3.24. The van der Waals surface area contributed by atoms with Crippen molar-refractivity contribution >= 4 is 45.2 Å². The van der Waals surface area contributed by atoms with Gasteiger partial charge < -0.3 is 14.4 Å². The van der Waals surface area contributed by atoms with Crippen molar-refractivity contribution in [1.29, 1.82) is 0 Å². The monoisotopic (exact) mass is 457 g/mol. The highest BCUT2D eigenvalue weighted by molar-refractivity contribution is 9.10. The number of benzene rings is 1. The van der Waals surface area contributed by atoms with Gasteiger partial charge in [-0.15, -0.1) is 0 Å². The first kappa shape index (κ1) is 20.1. The van der Waals surface area contributed by atoms with Gasteiger partial charge in [0.1, 0.15) is 17.1 Å². The molecule has 3 rings (SSSR count). The van der Waals surface area contributed by atoms with Gasteiger partial charge in [0, 0.05) is 36.5 Å². The first-order chi connectivity index (χ1) is 12.5. The Morgan fingerprint density at radius 1 is 1.33 bits per heavy atom. The maximum Gasteiger partial charge on any atom is 0.410 e. The molecule has 8 heteroatoms. The number of carbonyl (C=O) groups is 3. The van der Waals surface area contributed by atoms with Crippen LogP contribution < -0.4 is 4.74 Å². The Morgan fingerprint density at radius 3 is 2.70 bits per heavy atom. The number of carbonyl (C=O) groups excluding carboxylic acids is 3. The number of halogens is 2. The zero-order valence-corrected chi connectivity index (χ0v) is 17.7. The number of nitrogens with zero attached hydrogens (tertiary/aromatic N) is 1. The molecule has 2 aliphatic heterocycles. The topological polar surface area (TPSA) is 72.9 Å². The van der Waals surface area contributed by atoms with Crippen LogP contribution in [0.25, 0.3) is 0 Å². The molecule has 146 valence electrons. The smallest absolute Gasteiger partial charge is 0.410 e. The Bertz CT molecular complexity index is 804. The summed E-state index contributed by atoms with van der Waals surface area (Å²) in [4.78, 5) is 39.0. The van der Waals surface area contributed by atoms with Gasteiger partial charge in [0.2, 0.25) is 0 Å². The third-order valence-electron chi connectivity index (χ3n) is 4.48. The van der Waals surface area contributed by atoms with Crippen LogP contribution in [-0.2, 0) is 20.7 Å². The molecule has 1 saturated heterocycles. The lowest BCUT2D eigenvalue weighted by atomic mass is 9.88. The minimum absolute atomic E-state index is 0.0186. The van der Waals surface area contributed by atoms with Gasteiger partial charge in [0.05, 0.1) is 10.4 Å². The van der Waals surface area contributed by atoms with Gasteiger partial charge in [-0.05, 0) is 48.8 Å². The van der Waals surface area contributed by atoms with E-state index in [0.29, 0.717) is 21.7 Å². The van der Waals surface area contributed by atoms with E-state index in [9.17, 15) is 14.4 Å². The molecule has 1 fully saturated rings. The molecule has 1 aromatic rings. The summed E-state index contributed by atoms with van der Waals surface area (Å²) in [5.74, 6) is -0.811. The predicted molar refractivity (Wildman–Crippen MR) is 103 cm³/mol. The average molecular weight is 459 g/mol. The largest absolute Gasteiger partial charge is 0.481 e. The summed E-state index contributed by atoms with van der Waals surface area (Å²) in [6.07, 6.45) is -0.797. The molecular formula is C19H21BrClNO5. The predicted octanol–water partition coefficient (Wildman–Crippen LogP) is 3.80. The molecule has 0 bridgehead atoms. The van der Waals surface area contributed by atoms with Gasteiger partial charge in [-0.25, -0.2) is 4.79 Å². The summed E-state index contributed by atoms with van der Waals surface area (Å²) in [5.41, 5.74) is 0.180. The maximum atomic E-state index is 13.0. The molecule has 2 atom stereocenters. The number of amides is 1. The Labute approximate surface area is 171 Å². The van der Waals surface area contributed by atoms with Crippen molar-refractivity contribution < 1.29 is 23.9 Å². The lowest BCUT2D eigenvalue weighted by Gasteiger charge is -2.33. The SMILES string of the molecule is CC(C)(C)OC(=O)N1CCC(=O)C(C(=O)[C@H]2Cc3cc(Cl)cc(Br)c3O2)C1. The number of rotatable bonds is 2. The Kier molecular flexibility index (Phi) is 5.54. The van der Waals surface area contributed by atoms with E-state index in [0.717, 1.165) is 5.56 Å². The van der Waals surface area contributed by atoms with Gasteiger partial charge in [-0.3, -0.25) is 9.59 Å². The molecule has 0 radical (unpaired) electrons. The average Bonchev–Trinajstić information content (AvgIpc) is 2.97. The molecular weight excluding hydrogens is 438 g/mol. The van der Waals surface area contributed by atoms with Crippen molar-refractivity contribution in [3.05, 3.63) is 27.2 Å². The molecule has 0 saturated carbocycles. The first-order valence-corrected chi connectivity index (χ1v) is 9.91. The first-order valence-electron chi connectivity index (χ1n) is 8.74. The van der Waals surface area contributed by atoms with Crippen LogP contribution in [0.3, 0.4) is 0 Å². The van der Waals surface area contributed by atoms with E-state index in [2.05, 4.69) is 15.9 Å². The summed E-state index contributed by atoms with van der Waals surface area (Å²) in [6.45, 7) is 5.59. The standard InChI is InChI=1S/C19H21BrClNO5/c1-19(2,3)27-18(25)22-5-4-14(23)12(9-22)16(24)15-7-10-6-11(21)8-13(20)17(10)26-15/h6,8,12,15H,4-5,7,9H2,1-3H3/t12?,15-/m1/s1. The van der Waals surface area contributed by atoms with Crippen LogP contribution in [0.15, 0.2) is 16.6 Å². The van der Waals surface area contributed by atoms with Crippen LogP contribution in [0.5, 0.6) is 5.75 Å². The number of hydrogen-bond donors (Lipinski definition) is 0. The van der Waals surface area contributed by atoms with E-state index in [1.54, 1.807) is 32.9 Å². The molecule has 1 amide bonds. The van der Waals surface area contributed by atoms with Crippen LogP contribution in [0.2, 0.25) is 5.02 Å². The maximum absolute atomic E-state index is 13.0. The van der Waals surface area contributed by atoms with Gasteiger partial charge in [0.15, 0.2) is 11.9 Å². The van der Waals surface area contributed by atoms with Gasteiger partial charge in [-0.2, -0.15) is 0 Å². The summed E-state index contributed by atoms with van der Waals surface area (Å²) in [6, 6.07) is 3.45. The normalized spacial score (nSPS) is 22.3. The van der Waals surface area contributed by atoms with E-state index >= 15 is 0 Å². The molecule has 0 aliphatic carbocycles. The second kappa shape index (κ2) is 7.43. The van der Waals surface area contributed by atoms with E-state index in [1.165, 1.54) is 4.90 Å². The number of piperidine rings is 1. The molecule has 0 spiro atoms. The lowest BCUT2D eigenvalue weighted by Crippen LogP contribution is -2.50. The summed E-state index contributed by atoms with van der Waals surface area (Å²) >= 11 is 9.43. The third kappa shape index (κ3) is 4.46. The number of ether oxygens (including phenoxy) is 2. The van der Waals surface area contributed by atoms with Crippen LogP contribution >= 0.6 is 27.5 Å². The third-order valence-corrected chi connectivity index (χ3v) is 5.29. The number of Topliss-reactive ketones (excluding diaryl/α,β-unsaturated/α-hetero) is 2. The number of fused-ring (bicyclic) bond motifs is 1. The van der Waals surface area contributed by atoms with Crippen molar-refractivity contribution in [2.24, 2.45) is 5.92 Å². The number of hydrogen-bond acceptors (Lipinski definition) is 5. The van der Waals surface area contributed by atoms with Crippen molar-refractivity contribution in [2.45, 2.75) is 45.3 Å². The molecule has 1 aromatic carbocycles. The highest BCUT2D eigenvalue weighted by Crippen LogP contribution is 2.39. The summed E-state index contributed by atoms with van der Waals surface area (Å²) < 4.78 is 11.8. The van der Waals surface area contributed by atoms with E-state index < -0.39 is 23.7 Å². The van der Waals surface area contributed by atoms with Crippen LogP contribution in [0, 0.1) is 5.92 Å². The van der Waals surface area contributed by atoms with Crippen LogP contribution in [0.1, 0.15) is 32.8 Å². The van der Waals surface area contributed by atoms with Crippen LogP contribution in [-0.4, -0.2) is 47.4 Å². The highest BCUT2D eigenvalue weighted by atomic mass is 79.9. The van der Waals surface area contributed by atoms with E-state index in [-0.39, 0.29) is 31.1 Å².